The summed E-state index contributed by atoms with van der Waals surface area (Å²) in [5.74, 6) is 1.52. The number of ether oxygens (including phenoxy) is 1. The number of nitriles is 1. The Hall–Kier alpha value is -4.42. The Balaban J connectivity index is 1.36. The number of nitrogens with one attached hydrogen (secondary N) is 1. The first-order chi connectivity index (χ1) is 19.8. The molecule has 1 aromatic carbocycles. The van der Waals surface area contributed by atoms with E-state index in [1.54, 1.807) is 16.9 Å². The van der Waals surface area contributed by atoms with Gasteiger partial charge in [-0.1, -0.05) is 44.2 Å². The number of nitrogens with two attached hydrogens (primary N) is 1. The lowest BCUT2D eigenvalue weighted by atomic mass is 9.81. The maximum Gasteiger partial charge on any atom is 0.237 e. The van der Waals surface area contributed by atoms with Crippen LogP contribution in [0.3, 0.4) is 0 Å². The van der Waals surface area contributed by atoms with E-state index in [0.717, 1.165) is 54.8 Å². The summed E-state index contributed by atoms with van der Waals surface area (Å²) in [5.41, 5.74) is 9.98. The molecule has 0 spiro atoms. The largest absolute Gasteiger partial charge is 0.492 e. The highest BCUT2D eigenvalue weighted by Gasteiger charge is 2.38. The van der Waals surface area contributed by atoms with Crippen molar-refractivity contribution in [2.24, 2.45) is 11.7 Å². The second kappa shape index (κ2) is 12.0. The number of anilines is 1. The summed E-state index contributed by atoms with van der Waals surface area (Å²) in [4.78, 5) is 20.1. The molecule has 1 amide bonds. The minimum Gasteiger partial charge on any atom is -0.492 e. The van der Waals surface area contributed by atoms with Gasteiger partial charge in [0.2, 0.25) is 5.91 Å². The lowest BCUT2D eigenvalue weighted by molar-refractivity contribution is -0.125. The van der Waals surface area contributed by atoms with E-state index in [-0.39, 0.29) is 17.4 Å². The van der Waals surface area contributed by atoms with Crippen LogP contribution < -0.4 is 20.7 Å². The monoisotopic (exact) mass is 551 g/mol. The van der Waals surface area contributed by atoms with Crippen molar-refractivity contribution in [2.75, 3.05) is 24.6 Å². The topological polar surface area (TPSA) is 122 Å². The lowest BCUT2D eigenvalue weighted by Gasteiger charge is -2.43. The molecule has 1 saturated heterocycles. The number of rotatable bonds is 9. The second-order valence-corrected chi connectivity index (χ2v) is 11.1. The molecule has 1 unspecified atom stereocenters. The third-order valence-corrected chi connectivity index (χ3v) is 7.92. The zero-order chi connectivity index (χ0) is 29.0. The van der Waals surface area contributed by atoms with Gasteiger partial charge >= 0.3 is 0 Å². The molecule has 3 N–H and O–H groups in total. The highest BCUT2D eigenvalue weighted by atomic mass is 16.5. The molecule has 1 aliphatic rings. The fraction of sp³-hybridized carbons (Fsp3) is 0.375. The van der Waals surface area contributed by atoms with Crippen LogP contribution in [0.15, 0.2) is 67.1 Å². The third kappa shape index (κ3) is 6.03. The van der Waals surface area contributed by atoms with E-state index < -0.39 is 6.04 Å². The Kier molecular flexibility index (Phi) is 8.22. The zero-order valence-electron chi connectivity index (χ0n) is 23.9. The van der Waals surface area contributed by atoms with Gasteiger partial charge in [0.1, 0.15) is 17.6 Å². The van der Waals surface area contributed by atoms with E-state index in [2.05, 4.69) is 33.5 Å². The molecule has 4 aromatic rings. The summed E-state index contributed by atoms with van der Waals surface area (Å²) < 4.78 is 7.43. The van der Waals surface area contributed by atoms with Crippen molar-refractivity contribution in [3.05, 3.63) is 78.2 Å². The van der Waals surface area contributed by atoms with Crippen LogP contribution in [0.5, 0.6) is 5.75 Å². The summed E-state index contributed by atoms with van der Waals surface area (Å²) >= 11 is 0. The van der Waals surface area contributed by atoms with Gasteiger partial charge in [0.05, 0.1) is 36.1 Å². The third-order valence-electron chi connectivity index (χ3n) is 7.92. The lowest BCUT2D eigenvalue weighted by Crippen LogP contribution is -2.60. The van der Waals surface area contributed by atoms with Crippen molar-refractivity contribution >= 4 is 17.2 Å². The smallest absolute Gasteiger partial charge is 0.237 e. The molecule has 212 valence electrons. The second-order valence-electron chi connectivity index (χ2n) is 11.1. The molecular formula is C32H37N7O2. The summed E-state index contributed by atoms with van der Waals surface area (Å²) in [6.07, 6.45) is 7.50. The maximum atomic E-state index is 13.1. The van der Waals surface area contributed by atoms with Crippen LogP contribution in [0.2, 0.25) is 0 Å². The summed E-state index contributed by atoms with van der Waals surface area (Å²) in [6, 6.07) is 18.0. The van der Waals surface area contributed by atoms with Gasteiger partial charge in [-0.15, -0.1) is 0 Å². The molecule has 1 aliphatic heterocycles. The molecule has 41 heavy (non-hydrogen) atoms. The van der Waals surface area contributed by atoms with Gasteiger partial charge < -0.3 is 20.7 Å². The Bertz CT molecular complexity index is 1530. The first-order valence-corrected chi connectivity index (χ1v) is 14.2. The van der Waals surface area contributed by atoms with Crippen molar-refractivity contribution < 1.29 is 9.53 Å². The first-order valence-electron chi connectivity index (χ1n) is 14.2. The quantitative estimate of drug-likeness (QED) is 0.317. The molecule has 9 nitrogen and oxygen atoms in total. The molecule has 1 fully saturated rings. The summed E-state index contributed by atoms with van der Waals surface area (Å²) in [7, 11) is 0. The Morgan fingerprint density at radius 1 is 1.17 bits per heavy atom. The van der Waals surface area contributed by atoms with Crippen LogP contribution in [0.25, 0.3) is 16.6 Å². The van der Waals surface area contributed by atoms with Crippen molar-refractivity contribution in [1.82, 2.24) is 19.9 Å². The summed E-state index contributed by atoms with van der Waals surface area (Å²) in [6.45, 7) is 7.90. The molecular weight excluding hydrogens is 514 g/mol. The average molecular weight is 552 g/mol. The van der Waals surface area contributed by atoms with Gasteiger partial charge in [-0.2, -0.15) is 10.4 Å². The van der Waals surface area contributed by atoms with E-state index >= 15 is 0 Å². The Morgan fingerprint density at radius 3 is 2.56 bits per heavy atom. The van der Waals surface area contributed by atoms with Crippen LogP contribution in [0, 0.1) is 17.2 Å². The standard InChI is InChI=1S/C32H37N7O2/c1-4-41-26-16-27(30-25(18-33)20-36-39(30)21-26)24-10-11-28(35-19-24)38-14-12-32(13-15-38,17-23-8-6-5-7-9-23)37-31(40)29(34)22(2)3/h5-11,16,19-22,29H,4,12-15,17,34H2,1-3H3,(H,37,40). The number of hydrogen-bond acceptors (Lipinski definition) is 7. The molecule has 1 atom stereocenters. The molecule has 9 heteroatoms. The number of benzene rings is 1. The number of nitrogens with zero attached hydrogens (tertiary/aromatic N) is 5. The minimum atomic E-state index is -0.542. The van der Waals surface area contributed by atoms with E-state index in [0.29, 0.717) is 17.9 Å². The first kappa shape index (κ1) is 28.1. The summed E-state index contributed by atoms with van der Waals surface area (Å²) in [5, 5.41) is 17.3. The number of hydrogen-bond donors (Lipinski definition) is 2. The predicted molar refractivity (Wildman–Crippen MR) is 160 cm³/mol. The molecule has 0 radical (unpaired) electrons. The molecule has 0 bridgehead atoms. The Labute approximate surface area is 240 Å². The number of amides is 1. The van der Waals surface area contributed by atoms with Gasteiger partial charge in [0.15, 0.2) is 0 Å². The molecule has 4 heterocycles. The van der Waals surface area contributed by atoms with Crippen molar-refractivity contribution in [3.8, 4) is 22.9 Å². The predicted octanol–water partition coefficient (Wildman–Crippen LogP) is 4.35. The number of pyridine rings is 2. The van der Waals surface area contributed by atoms with E-state index in [1.807, 2.05) is 63.4 Å². The minimum absolute atomic E-state index is 0.0637. The van der Waals surface area contributed by atoms with E-state index in [9.17, 15) is 10.1 Å². The van der Waals surface area contributed by atoms with Crippen LogP contribution in [0.4, 0.5) is 5.82 Å². The number of fused-ring (bicyclic) bond motifs is 1. The van der Waals surface area contributed by atoms with Crippen LogP contribution in [0.1, 0.15) is 44.7 Å². The highest BCUT2D eigenvalue weighted by Crippen LogP contribution is 2.33. The maximum absolute atomic E-state index is 13.1. The van der Waals surface area contributed by atoms with Gasteiger partial charge in [-0.3, -0.25) is 4.79 Å². The zero-order valence-corrected chi connectivity index (χ0v) is 23.9. The Morgan fingerprint density at radius 2 is 1.93 bits per heavy atom. The number of piperidine rings is 1. The van der Waals surface area contributed by atoms with Crippen molar-refractivity contribution in [3.63, 3.8) is 0 Å². The van der Waals surface area contributed by atoms with Gasteiger partial charge in [0.25, 0.3) is 0 Å². The van der Waals surface area contributed by atoms with Gasteiger partial charge in [-0.25, -0.2) is 9.50 Å². The number of carbonyl (C=O) groups is 1. The number of carbonyl (C=O) groups excluding carboxylic acids is 1. The average Bonchev–Trinajstić information content (AvgIpc) is 3.40. The SMILES string of the molecule is CCOc1cc(-c2ccc(N3CCC(Cc4ccccc4)(NC(=O)C(N)C(C)C)CC3)nc2)c2c(C#N)cnn2c1. The number of aromatic nitrogens is 3. The van der Waals surface area contributed by atoms with Gasteiger partial charge in [0, 0.05) is 36.0 Å². The molecule has 0 aliphatic carbocycles. The molecule has 0 saturated carbocycles. The van der Waals surface area contributed by atoms with Crippen LogP contribution >= 0.6 is 0 Å². The molecule has 3 aromatic heterocycles. The normalized spacial score (nSPS) is 15.5. The van der Waals surface area contributed by atoms with Crippen LogP contribution in [-0.2, 0) is 11.2 Å². The van der Waals surface area contributed by atoms with Crippen LogP contribution in [-0.4, -0.2) is 51.8 Å². The fourth-order valence-corrected chi connectivity index (χ4v) is 5.52. The van der Waals surface area contributed by atoms with E-state index in [4.69, 9.17) is 15.5 Å². The van der Waals surface area contributed by atoms with Gasteiger partial charge in [-0.05, 0) is 55.9 Å². The van der Waals surface area contributed by atoms with E-state index in [1.165, 1.54) is 5.56 Å². The van der Waals surface area contributed by atoms with Crippen molar-refractivity contribution in [1.29, 1.82) is 5.26 Å². The molecule has 5 rings (SSSR count). The fourth-order valence-electron chi connectivity index (χ4n) is 5.52. The highest BCUT2D eigenvalue weighted by molar-refractivity contribution is 5.85. The van der Waals surface area contributed by atoms with Crippen molar-refractivity contribution in [2.45, 2.75) is 51.6 Å².